The van der Waals surface area contributed by atoms with Crippen LogP contribution in [0.25, 0.3) is 5.76 Å². The monoisotopic (exact) mass is 573 g/mol. The van der Waals surface area contributed by atoms with Crippen LogP contribution in [0.3, 0.4) is 0 Å². The van der Waals surface area contributed by atoms with Crippen LogP contribution >= 0.6 is 0 Å². The average Bonchev–Trinajstić information content (AvgIpc) is 2.85. The minimum atomic E-state index is -2.99. The third kappa shape index (κ3) is 4.21. The highest BCUT2D eigenvalue weighted by atomic mass is 16.6. The number of benzene rings is 1. The molecule has 222 valence electrons. The predicted octanol–water partition coefficient (Wildman–Crippen LogP) is 0.830. The van der Waals surface area contributed by atoms with Crippen LogP contribution in [-0.4, -0.2) is 91.2 Å². The van der Waals surface area contributed by atoms with Gasteiger partial charge in [0.05, 0.1) is 23.6 Å². The van der Waals surface area contributed by atoms with E-state index in [0.29, 0.717) is 17.5 Å². The van der Waals surface area contributed by atoms with Crippen LogP contribution in [-0.2, 0) is 19.8 Å². The number of ketones is 2. The Morgan fingerprint density at radius 3 is 2.34 bits per heavy atom. The van der Waals surface area contributed by atoms with Gasteiger partial charge < -0.3 is 31.3 Å². The summed E-state index contributed by atoms with van der Waals surface area (Å²) in [6.45, 7) is 4.92. The van der Waals surface area contributed by atoms with Crippen molar-refractivity contribution in [2.75, 3.05) is 20.6 Å². The average molecular weight is 574 g/mol. The Labute approximate surface area is 235 Å². The fourth-order valence-electron chi connectivity index (χ4n) is 6.95. The first kappa shape index (κ1) is 30.2. The summed E-state index contributed by atoms with van der Waals surface area (Å²) in [5.74, 6) is -9.49. The predicted molar refractivity (Wildman–Crippen MR) is 144 cm³/mol. The quantitative estimate of drug-likeness (QED) is 0.152. The number of Topliss-reactive ketones (excluding diaryl/α,β-unsaturated/α-hetero) is 2. The van der Waals surface area contributed by atoms with Crippen LogP contribution < -0.4 is 5.73 Å². The van der Waals surface area contributed by atoms with E-state index in [4.69, 9.17) is 5.73 Å². The number of hydrogen-bond donors (Lipinski definition) is 6. The summed E-state index contributed by atoms with van der Waals surface area (Å²) in [4.78, 5) is 51.1. The summed E-state index contributed by atoms with van der Waals surface area (Å²) in [6.07, 6.45) is -1.13. The lowest BCUT2D eigenvalue weighted by Gasteiger charge is -2.53. The second-order valence-electron chi connectivity index (χ2n) is 12.0. The number of rotatable bonds is 7. The van der Waals surface area contributed by atoms with E-state index in [-0.39, 0.29) is 24.3 Å². The van der Waals surface area contributed by atoms with E-state index in [9.17, 15) is 50.0 Å². The molecule has 7 N–H and O–H groups in total. The first-order valence-electron chi connectivity index (χ1n) is 13.2. The molecule has 1 amide bonds. The highest BCUT2D eigenvalue weighted by molar-refractivity contribution is 6.24. The Balaban J connectivity index is 1.95. The van der Waals surface area contributed by atoms with Gasteiger partial charge in [0.15, 0.2) is 11.4 Å². The van der Waals surface area contributed by atoms with E-state index in [1.165, 1.54) is 19.0 Å². The number of aliphatic hydroxyl groups excluding tert-OH is 3. The van der Waals surface area contributed by atoms with Crippen molar-refractivity contribution in [1.82, 2.24) is 4.90 Å². The maximum Gasteiger partial charge on any atom is 0.255 e. The van der Waals surface area contributed by atoms with Gasteiger partial charge in [-0.05, 0) is 37.4 Å². The molecule has 6 atom stereocenters. The van der Waals surface area contributed by atoms with Crippen LogP contribution in [0.1, 0.15) is 56.2 Å². The third-order valence-corrected chi connectivity index (χ3v) is 9.00. The van der Waals surface area contributed by atoms with Gasteiger partial charge in [-0.2, -0.15) is 0 Å². The number of hydrogen-bond acceptors (Lipinski definition) is 11. The Kier molecular flexibility index (Phi) is 7.30. The highest BCUT2D eigenvalue weighted by Crippen LogP contribution is 2.57. The van der Waals surface area contributed by atoms with Crippen molar-refractivity contribution in [3.05, 3.63) is 55.8 Å². The molecule has 13 heteroatoms. The van der Waals surface area contributed by atoms with Gasteiger partial charge in [-0.1, -0.05) is 32.9 Å². The van der Waals surface area contributed by atoms with Gasteiger partial charge in [-0.25, -0.2) is 0 Å². The van der Waals surface area contributed by atoms with Gasteiger partial charge in [0.25, 0.3) is 5.91 Å². The van der Waals surface area contributed by atoms with Gasteiger partial charge in [-0.3, -0.25) is 29.4 Å². The van der Waals surface area contributed by atoms with Crippen molar-refractivity contribution in [3.8, 4) is 5.75 Å². The minimum absolute atomic E-state index is 0.110. The molecule has 1 aromatic rings. The van der Waals surface area contributed by atoms with Gasteiger partial charge in [0.2, 0.25) is 12.3 Å². The van der Waals surface area contributed by atoms with Crippen molar-refractivity contribution in [2.24, 2.45) is 17.6 Å². The van der Waals surface area contributed by atoms with E-state index < -0.39 is 86.0 Å². The van der Waals surface area contributed by atoms with Gasteiger partial charge in [-0.15, -0.1) is 0 Å². The molecule has 3 aliphatic rings. The van der Waals surface area contributed by atoms with E-state index in [1.54, 1.807) is 32.9 Å². The lowest BCUT2D eigenvalue weighted by molar-refractivity contribution is -0.480. The first-order chi connectivity index (χ1) is 18.9. The summed E-state index contributed by atoms with van der Waals surface area (Å²) < 4.78 is 0. The highest BCUT2D eigenvalue weighted by Gasteiger charge is 2.68. The molecule has 0 unspecified atom stereocenters. The molecule has 0 spiro atoms. The number of carbonyl (C=O) groups is 3. The SMILES string of the molecule is C[C@H]1c2ccc(C(C)(C)CCC[N+](=O)[O-])c(O)c2C(O)=C2C(=O)[C@]3(O)C(O)=C(C(N)=O)C(=O)[C@@H](N(C)C)[C@@H]3[C@@H](O)[C@@H]21. The molecule has 3 aliphatic carbocycles. The Morgan fingerprint density at radius 1 is 1.20 bits per heavy atom. The zero-order valence-corrected chi connectivity index (χ0v) is 23.4. The number of amides is 1. The van der Waals surface area contributed by atoms with Crippen molar-refractivity contribution in [2.45, 2.75) is 62.7 Å². The topological polar surface area (TPSA) is 225 Å². The molecule has 13 nitrogen and oxygen atoms in total. The van der Waals surface area contributed by atoms with E-state index in [0.717, 1.165) is 0 Å². The fourth-order valence-corrected chi connectivity index (χ4v) is 6.95. The Bertz CT molecular complexity index is 1430. The number of nitro groups is 1. The number of primary amides is 1. The molecule has 0 saturated heterocycles. The van der Waals surface area contributed by atoms with Crippen LogP contribution in [0.2, 0.25) is 0 Å². The number of aromatic hydroxyl groups is 1. The smallest absolute Gasteiger partial charge is 0.255 e. The first-order valence-corrected chi connectivity index (χ1v) is 13.2. The van der Waals surface area contributed by atoms with Crippen molar-refractivity contribution in [1.29, 1.82) is 0 Å². The summed E-state index contributed by atoms with van der Waals surface area (Å²) in [6, 6.07) is 1.83. The van der Waals surface area contributed by atoms with E-state index >= 15 is 0 Å². The number of carbonyl (C=O) groups excluding carboxylic acids is 3. The summed E-state index contributed by atoms with van der Waals surface area (Å²) >= 11 is 0. The Morgan fingerprint density at radius 2 is 1.80 bits per heavy atom. The maximum atomic E-state index is 14.1. The third-order valence-electron chi connectivity index (χ3n) is 9.00. The zero-order chi connectivity index (χ0) is 30.9. The number of nitrogens with zero attached hydrogens (tertiary/aromatic N) is 2. The van der Waals surface area contributed by atoms with Crippen molar-refractivity contribution < 1.29 is 44.8 Å². The molecule has 41 heavy (non-hydrogen) atoms. The minimum Gasteiger partial charge on any atom is -0.508 e. The molecular weight excluding hydrogens is 538 g/mol. The number of aliphatic hydroxyl groups is 4. The van der Waals surface area contributed by atoms with Crippen LogP contribution in [0, 0.1) is 22.0 Å². The molecule has 0 radical (unpaired) electrons. The van der Waals surface area contributed by atoms with Crippen LogP contribution in [0.4, 0.5) is 0 Å². The molecule has 0 heterocycles. The summed E-state index contributed by atoms with van der Waals surface area (Å²) in [5.41, 5.74) is 0.741. The largest absolute Gasteiger partial charge is 0.508 e. The second-order valence-corrected chi connectivity index (χ2v) is 12.0. The molecule has 1 fully saturated rings. The Hall–Kier alpha value is -3.81. The molecule has 4 rings (SSSR count). The second kappa shape index (κ2) is 9.93. The van der Waals surface area contributed by atoms with Gasteiger partial charge >= 0.3 is 0 Å². The molecule has 0 aromatic heterocycles. The number of fused-ring (bicyclic) bond motifs is 3. The standard InChI is InChI=1S/C28H35N3O10/c1-11-12-7-8-13(27(2,3)9-6-10-31(40)41)20(32)15(12)21(33)16-14(11)22(34)18-19(30(4)5)23(35)17(26(29)38)25(37)28(18,39)24(16)36/h7-8,11,14,18-19,22,32-34,37,39H,6,9-10H2,1-5H3,(H2,29,38)/t11-,14+,18+,19-,22-,28-/m0/s1. The molecule has 1 saturated carbocycles. The maximum absolute atomic E-state index is 14.1. The van der Waals surface area contributed by atoms with Crippen LogP contribution in [0.5, 0.6) is 5.75 Å². The number of likely N-dealkylation sites (N-methyl/N-ethyl adjacent to an activating group) is 1. The lowest BCUT2D eigenvalue weighted by atomic mass is 9.54. The zero-order valence-electron chi connectivity index (χ0n) is 23.4. The molecule has 0 bridgehead atoms. The summed E-state index contributed by atoms with van der Waals surface area (Å²) in [5, 5.41) is 68.1. The van der Waals surface area contributed by atoms with Crippen molar-refractivity contribution in [3.63, 3.8) is 0 Å². The number of phenols is 1. The molecule has 0 aliphatic heterocycles. The van der Waals surface area contributed by atoms with Crippen molar-refractivity contribution >= 4 is 23.2 Å². The lowest BCUT2D eigenvalue weighted by Crippen LogP contribution is -2.70. The normalized spacial score (nSPS) is 29.8. The fraction of sp³-hybridized carbons (Fsp3) is 0.536. The summed E-state index contributed by atoms with van der Waals surface area (Å²) in [7, 11) is 2.88. The van der Waals surface area contributed by atoms with E-state index in [2.05, 4.69) is 0 Å². The molecular formula is C28H35N3O10. The van der Waals surface area contributed by atoms with E-state index in [1.807, 2.05) is 0 Å². The van der Waals surface area contributed by atoms with Gasteiger partial charge in [0.1, 0.15) is 22.8 Å². The van der Waals surface area contributed by atoms with Gasteiger partial charge in [0, 0.05) is 28.4 Å². The van der Waals surface area contributed by atoms with Crippen LogP contribution in [0.15, 0.2) is 29.0 Å². The number of phenolic OH excluding ortho intramolecular Hbond substituents is 1. The number of nitrogens with two attached hydrogens (primary N) is 1. The molecule has 1 aromatic carbocycles.